The molecule has 0 unspecified atom stereocenters. The van der Waals surface area contributed by atoms with E-state index in [4.69, 9.17) is 15.5 Å². The molecule has 0 aliphatic carbocycles. The highest BCUT2D eigenvalue weighted by Gasteiger charge is 2.21. The van der Waals surface area contributed by atoms with E-state index in [9.17, 15) is 4.79 Å². The van der Waals surface area contributed by atoms with Crippen LogP contribution in [0.25, 0.3) is 54.9 Å². The normalized spacial score (nSPS) is 13.9. The first-order valence-corrected chi connectivity index (χ1v) is 13.0. The molecule has 7 rings (SSSR count). The highest BCUT2D eigenvalue weighted by molar-refractivity contribution is 7.13. The van der Waals surface area contributed by atoms with Crippen LogP contribution in [0.2, 0.25) is 0 Å². The van der Waals surface area contributed by atoms with Gasteiger partial charge in [0.1, 0.15) is 16.6 Å². The molecular formula is C27H22N8O2S. The summed E-state index contributed by atoms with van der Waals surface area (Å²) < 4.78 is 5.47. The number of pyridine rings is 1. The SMILES string of the molecule is Nc1c(-c2cccc3[nH]ncc23)cc(-c2nccs2)c2nc(-c3ccnc(N4CCOCC4)c3)[nH]c(=O)c12. The van der Waals surface area contributed by atoms with Crippen molar-refractivity contribution in [2.45, 2.75) is 0 Å². The lowest BCUT2D eigenvalue weighted by Gasteiger charge is -2.27. The number of hydrogen-bond donors (Lipinski definition) is 3. The number of nitrogens with zero attached hydrogens (tertiary/aromatic N) is 5. The van der Waals surface area contributed by atoms with Gasteiger partial charge in [-0.05, 0) is 29.8 Å². The third-order valence-electron chi connectivity index (χ3n) is 6.81. The fraction of sp³-hybridized carbons (Fsp3) is 0.148. The number of ether oxygens (including phenoxy) is 1. The molecule has 0 atom stereocenters. The Labute approximate surface area is 220 Å². The number of nitrogen functional groups attached to an aromatic ring is 1. The molecule has 4 aromatic heterocycles. The Hall–Kier alpha value is -4.61. The van der Waals surface area contributed by atoms with Crippen LogP contribution in [0.1, 0.15) is 0 Å². The zero-order chi connectivity index (χ0) is 25.6. The van der Waals surface area contributed by atoms with Crippen molar-refractivity contribution in [1.82, 2.24) is 30.1 Å². The Kier molecular flexibility index (Phi) is 5.38. The van der Waals surface area contributed by atoms with E-state index in [0.29, 0.717) is 35.6 Å². The summed E-state index contributed by atoms with van der Waals surface area (Å²) in [5.74, 6) is 1.26. The third kappa shape index (κ3) is 3.71. The van der Waals surface area contributed by atoms with Gasteiger partial charge in [-0.3, -0.25) is 9.89 Å². The predicted molar refractivity (Wildman–Crippen MR) is 149 cm³/mol. The average Bonchev–Trinajstić information content (AvgIpc) is 3.66. The Morgan fingerprint density at radius 3 is 2.76 bits per heavy atom. The van der Waals surface area contributed by atoms with Crippen LogP contribution in [0.15, 0.2) is 65.2 Å². The molecule has 10 nitrogen and oxygen atoms in total. The van der Waals surface area contributed by atoms with E-state index < -0.39 is 0 Å². The molecule has 0 spiro atoms. The van der Waals surface area contributed by atoms with Crippen LogP contribution in [0.3, 0.4) is 0 Å². The summed E-state index contributed by atoms with van der Waals surface area (Å²) in [7, 11) is 0. The number of thiazole rings is 1. The van der Waals surface area contributed by atoms with Crippen LogP contribution in [0, 0.1) is 0 Å². The standard InChI is InChI=1S/C27H22N8O2S/c28-23-17(16-2-1-3-20-19(16)14-31-34-20)13-18(27-30-6-11-38-27)24-22(23)26(36)33-25(32-24)15-4-5-29-21(12-15)35-7-9-37-10-8-35/h1-6,11-14H,7-10,28H2,(H,31,34)(H,32,33,36). The minimum absolute atomic E-state index is 0.314. The average molecular weight is 523 g/mol. The molecule has 38 heavy (non-hydrogen) atoms. The Morgan fingerprint density at radius 1 is 1.03 bits per heavy atom. The zero-order valence-corrected chi connectivity index (χ0v) is 21.0. The van der Waals surface area contributed by atoms with Gasteiger partial charge >= 0.3 is 0 Å². The van der Waals surface area contributed by atoms with E-state index in [-0.39, 0.29) is 5.56 Å². The molecule has 4 N–H and O–H groups in total. The first-order chi connectivity index (χ1) is 18.7. The number of fused-ring (bicyclic) bond motifs is 2. The summed E-state index contributed by atoms with van der Waals surface area (Å²) in [6.07, 6.45) is 5.23. The van der Waals surface area contributed by atoms with Gasteiger partial charge in [0, 0.05) is 52.9 Å². The van der Waals surface area contributed by atoms with Gasteiger partial charge in [0.15, 0.2) is 0 Å². The number of nitrogens with one attached hydrogen (secondary N) is 2. The van der Waals surface area contributed by atoms with Gasteiger partial charge in [-0.25, -0.2) is 15.0 Å². The fourth-order valence-corrected chi connectivity index (χ4v) is 5.61. The smallest absolute Gasteiger partial charge is 0.261 e. The third-order valence-corrected chi connectivity index (χ3v) is 7.62. The number of benzene rings is 2. The summed E-state index contributed by atoms with van der Waals surface area (Å²) in [5.41, 5.74) is 11.3. The fourth-order valence-electron chi connectivity index (χ4n) is 4.96. The molecule has 1 saturated heterocycles. The lowest BCUT2D eigenvalue weighted by atomic mass is 9.95. The molecule has 2 aromatic carbocycles. The van der Waals surface area contributed by atoms with Crippen molar-refractivity contribution in [2.24, 2.45) is 0 Å². The van der Waals surface area contributed by atoms with Gasteiger partial charge in [0.05, 0.1) is 41.5 Å². The molecule has 1 fully saturated rings. The number of anilines is 2. The molecule has 0 bridgehead atoms. The highest BCUT2D eigenvalue weighted by atomic mass is 32.1. The van der Waals surface area contributed by atoms with E-state index in [1.54, 1.807) is 18.6 Å². The van der Waals surface area contributed by atoms with E-state index in [0.717, 1.165) is 57.1 Å². The first-order valence-electron chi connectivity index (χ1n) is 12.2. The van der Waals surface area contributed by atoms with Crippen LogP contribution in [0.4, 0.5) is 11.5 Å². The van der Waals surface area contributed by atoms with Gasteiger partial charge in [-0.15, -0.1) is 11.3 Å². The molecule has 1 aliphatic rings. The van der Waals surface area contributed by atoms with E-state index in [1.807, 2.05) is 41.8 Å². The second-order valence-electron chi connectivity index (χ2n) is 9.00. The zero-order valence-electron chi connectivity index (χ0n) is 20.1. The number of hydrogen-bond acceptors (Lipinski definition) is 9. The lowest BCUT2D eigenvalue weighted by molar-refractivity contribution is 0.122. The van der Waals surface area contributed by atoms with Crippen molar-refractivity contribution in [3.63, 3.8) is 0 Å². The summed E-state index contributed by atoms with van der Waals surface area (Å²) in [4.78, 5) is 32.8. The molecular weight excluding hydrogens is 500 g/mol. The number of H-pyrrole nitrogens is 2. The van der Waals surface area contributed by atoms with Gasteiger partial charge in [0.2, 0.25) is 0 Å². The number of nitrogens with two attached hydrogens (primary N) is 1. The lowest BCUT2D eigenvalue weighted by Crippen LogP contribution is -2.36. The maximum absolute atomic E-state index is 13.6. The summed E-state index contributed by atoms with van der Waals surface area (Å²) >= 11 is 1.48. The van der Waals surface area contributed by atoms with Crippen LogP contribution < -0.4 is 16.2 Å². The monoisotopic (exact) mass is 522 g/mol. The summed E-state index contributed by atoms with van der Waals surface area (Å²) in [6, 6.07) is 11.6. The van der Waals surface area contributed by atoms with Gasteiger partial charge in [-0.2, -0.15) is 5.10 Å². The van der Waals surface area contributed by atoms with E-state index in [1.165, 1.54) is 11.3 Å². The van der Waals surface area contributed by atoms with Crippen LogP contribution >= 0.6 is 11.3 Å². The molecule has 11 heteroatoms. The van der Waals surface area contributed by atoms with Gasteiger partial charge in [-0.1, -0.05) is 12.1 Å². The molecule has 0 saturated carbocycles. The maximum Gasteiger partial charge on any atom is 0.261 e. The Bertz CT molecular complexity index is 1860. The predicted octanol–water partition coefficient (Wildman–Crippen LogP) is 4.07. The number of aromatic nitrogens is 6. The van der Waals surface area contributed by atoms with Gasteiger partial charge in [0.25, 0.3) is 5.56 Å². The molecule has 0 radical (unpaired) electrons. The first kappa shape index (κ1) is 22.6. The topological polar surface area (TPSA) is 139 Å². The second kappa shape index (κ2) is 9.05. The molecule has 1 aliphatic heterocycles. The molecule has 0 amide bonds. The van der Waals surface area contributed by atoms with Crippen molar-refractivity contribution in [3.05, 3.63) is 70.7 Å². The Balaban J connectivity index is 1.46. The van der Waals surface area contributed by atoms with Crippen LogP contribution in [-0.4, -0.2) is 56.4 Å². The second-order valence-corrected chi connectivity index (χ2v) is 9.89. The number of rotatable bonds is 4. The van der Waals surface area contributed by atoms with E-state index >= 15 is 0 Å². The van der Waals surface area contributed by atoms with Crippen LogP contribution in [-0.2, 0) is 4.74 Å². The van der Waals surface area contributed by atoms with Crippen molar-refractivity contribution < 1.29 is 4.74 Å². The maximum atomic E-state index is 13.6. The van der Waals surface area contributed by atoms with Crippen molar-refractivity contribution in [1.29, 1.82) is 0 Å². The van der Waals surface area contributed by atoms with Crippen molar-refractivity contribution >= 4 is 44.6 Å². The number of aromatic amines is 2. The Morgan fingerprint density at radius 2 is 1.92 bits per heavy atom. The molecule has 6 aromatic rings. The minimum Gasteiger partial charge on any atom is -0.398 e. The quantitative estimate of drug-likeness (QED) is 0.295. The van der Waals surface area contributed by atoms with Crippen molar-refractivity contribution in [3.8, 4) is 33.1 Å². The van der Waals surface area contributed by atoms with Gasteiger partial charge < -0.3 is 20.4 Å². The number of morpholine rings is 1. The van der Waals surface area contributed by atoms with Crippen LogP contribution in [0.5, 0.6) is 0 Å². The molecule has 188 valence electrons. The highest BCUT2D eigenvalue weighted by Crippen LogP contribution is 2.40. The summed E-state index contributed by atoms with van der Waals surface area (Å²) in [6.45, 7) is 2.83. The van der Waals surface area contributed by atoms with Crippen molar-refractivity contribution in [2.75, 3.05) is 36.9 Å². The largest absolute Gasteiger partial charge is 0.398 e. The minimum atomic E-state index is -0.314. The summed E-state index contributed by atoms with van der Waals surface area (Å²) in [5, 5.41) is 11.1. The molecule has 5 heterocycles. The van der Waals surface area contributed by atoms with E-state index in [2.05, 4.69) is 30.0 Å².